The highest BCUT2D eigenvalue weighted by atomic mass is 32.2. The van der Waals surface area contributed by atoms with Gasteiger partial charge in [-0.15, -0.1) is 0 Å². The molecule has 3 aliphatic rings. The monoisotopic (exact) mass is 593 g/mol. The molecule has 1 aliphatic carbocycles. The number of halogens is 2. The Morgan fingerprint density at radius 1 is 1.24 bits per heavy atom. The fraction of sp³-hybridized carbons (Fsp3) is 0.481. The molecular formula is C27H31F2N4O7S-. The molecule has 0 bridgehead atoms. The fourth-order valence-electron chi connectivity index (χ4n) is 5.09. The van der Waals surface area contributed by atoms with Crippen molar-refractivity contribution in [3.05, 3.63) is 65.8 Å². The number of esters is 1. The number of hydroxylamine groups is 2. The van der Waals surface area contributed by atoms with Crippen LogP contribution in [0.1, 0.15) is 31.2 Å². The van der Waals surface area contributed by atoms with Gasteiger partial charge in [-0.2, -0.15) is 8.78 Å². The Balaban J connectivity index is 1.61. The number of imidazole rings is 1. The molecule has 2 fully saturated rings. The van der Waals surface area contributed by atoms with Crippen LogP contribution in [0.25, 0.3) is 0 Å². The third-order valence-corrected chi connectivity index (χ3v) is 9.61. The van der Waals surface area contributed by atoms with E-state index in [4.69, 9.17) is 9.47 Å². The van der Waals surface area contributed by atoms with Crippen molar-refractivity contribution in [2.75, 3.05) is 19.8 Å². The average molecular weight is 594 g/mol. The molecule has 1 aromatic carbocycles. The van der Waals surface area contributed by atoms with Gasteiger partial charge in [-0.05, 0) is 68.1 Å². The molecule has 1 saturated carbocycles. The predicted molar refractivity (Wildman–Crippen MR) is 143 cm³/mol. The third-order valence-electron chi connectivity index (χ3n) is 7.46. The molecule has 1 aromatic heterocycles. The number of ether oxygens (including phenoxy) is 3. The van der Waals surface area contributed by atoms with E-state index < -0.39 is 45.9 Å². The van der Waals surface area contributed by atoms with E-state index in [2.05, 4.69) is 15.0 Å². The van der Waals surface area contributed by atoms with Crippen LogP contribution in [0, 0.1) is 11.1 Å². The molecule has 11 nitrogen and oxygen atoms in total. The maximum Gasteiger partial charge on any atom is 0.387 e. The third kappa shape index (κ3) is 5.95. The summed E-state index contributed by atoms with van der Waals surface area (Å²) in [6.45, 7) is -2.95. The van der Waals surface area contributed by atoms with Gasteiger partial charge < -0.3 is 34.4 Å². The summed E-state index contributed by atoms with van der Waals surface area (Å²) in [5.74, 6) is -0.694. The lowest BCUT2D eigenvalue weighted by molar-refractivity contribution is -0.146. The summed E-state index contributed by atoms with van der Waals surface area (Å²) in [5, 5.41) is 15.2. The van der Waals surface area contributed by atoms with Crippen LogP contribution in [-0.2, 0) is 32.0 Å². The molecule has 41 heavy (non-hydrogen) atoms. The molecule has 5 rings (SSSR count). The van der Waals surface area contributed by atoms with E-state index in [0.717, 1.165) is 25.5 Å². The van der Waals surface area contributed by atoms with Gasteiger partial charge in [0.1, 0.15) is 17.9 Å². The van der Waals surface area contributed by atoms with Crippen molar-refractivity contribution < 1.29 is 36.2 Å². The van der Waals surface area contributed by atoms with Crippen molar-refractivity contribution in [3.8, 4) is 11.5 Å². The minimum Gasteiger partial charge on any atom is -0.758 e. The lowest BCUT2D eigenvalue weighted by atomic mass is 9.84. The Kier molecular flexibility index (Phi) is 8.34. The number of nitrogens with zero attached hydrogens (tertiary/aromatic N) is 3. The fourth-order valence-corrected chi connectivity index (χ4v) is 7.05. The average Bonchev–Trinajstić information content (AvgIpc) is 3.38. The highest BCUT2D eigenvalue weighted by Gasteiger charge is 2.50. The summed E-state index contributed by atoms with van der Waals surface area (Å²) >= 11 is 0. The van der Waals surface area contributed by atoms with E-state index in [-0.39, 0.29) is 34.7 Å². The molecule has 3 atom stereocenters. The van der Waals surface area contributed by atoms with Crippen molar-refractivity contribution in [3.63, 3.8) is 0 Å². The maximum atomic E-state index is 14.2. The Morgan fingerprint density at radius 2 is 2.05 bits per heavy atom. The van der Waals surface area contributed by atoms with Gasteiger partial charge >= 0.3 is 12.6 Å². The number of carbonyl (C=O) groups is 1. The second-order valence-corrected chi connectivity index (χ2v) is 12.3. The van der Waals surface area contributed by atoms with Crippen LogP contribution >= 0.6 is 0 Å². The summed E-state index contributed by atoms with van der Waals surface area (Å²) in [6, 6.07) is 3.28. The number of hydrogen-bond acceptors (Lipinski definition) is 10. The number of sulfone groups is 1. The number of allylic oxidation sites excluding steroid dienone is 2. The van der Waals surface area contributed by atoms with Crippen molar-refractivity contribution in [2.45, 2.75) is 54.3 Å². The minimum absolute atomic E-state index is 0.0641. The molecule has 14 heteroatoms. The normalized spacial score (nSPS) is 23.1. The number of hydrogen-bond donors (Lipinski definition) is 1. The Morgan fingerprint density at radius 3 is 2.68 bits per heavy atom. The molecule has 2 aromatic rings. The van der Waals surface area contributed by atoms with Gasteiger partial charge in [0.15, 0.2) is 11.5 Å². The van der Waals surface area contributed by atoms with Crippen LogP contribution in [0.15, 0.2) is 60.2 Å². The number of aryl methyl sites for hydroxylation is 1. The molecule has 2 aliphatic heterocycles. The van der Waals surface area contributed by atoms with E-state index in [1.165, 1.54) is 60.4 Å². The number of alkyl halides is 2. The molecule has 0 spiro atoms. The van der Waals surface area contributed by atoms with Gasteiger partial charge in [-0.1, -0.05) is 18.2 Å². The minimum atomic E-state index is -4.47. The number of aromatic nitrogens is 2. The highest BCUT2D eigenvalue weighted by Crippen LogP contribution is 2.44. The summed E-state index contributed by atoms with van der Waals surface area (Å²) in [5.41, 5.74) is -1.89. The van der Waals surface area contributed by atoms with E-state index >= 15 is 0 Å². The number of benzene rings is 1. The zero-order chi connectivity index (χ0) is 29.2. The zero-order valence-corrected chi connectivity index (χ0v) is 23.1. The smallest absolute Gasteiger partial charge is 0.387 e. The largest absolute Gasteiger partial charge is 0.758 e. The summed E-state index contributed by atoms with van der Waals surface area (Å²) in [4.78, 5) is 16.9. The molecule has 0 radical (unpaired) electrons. The molecule has 0 amide bonds. The lowest BCUT2D eigenvalue weighted by Crippen LogP contribution is -2.55. The summed E-state index contributed by atoms with van der Waals surface area (Å²) < 4.78 is 72.1. The first-order valence-electron chi connectivity index (χ1n) is 13.3. The first-order valence-corrected chi connectivity index (χ1v) is 14.8. The van der Waals surface area contributed by atoms with E-state index in [1.54, 1.807) is 0 Å². The molecule has 222 valence electrons. The van der Waals surface area contributed by atoms with Gasteiger partial charge in [-0.3, -0.25) is 4.79 Å². The van der Waals surface area contributed by atoms with Crippen molar-refractivity contribution in [1.29, 1.82) is 0 Å². The van der Waals surface area contributed by atoms with Crippen LogP contribution in [0.4, 0.5) is 8.78 Å². The number of carbonyl (C=O) groups excluding carboxylic acids is 1. The van der Waals surface area contributed by atoms with Crippen LogP contribution < -0.4 is 14.8 Å². The second kappa shape index (κ2) is 11.8. The van der Waals surface area contributed by atoms with Crippen LogP contribution in [0.3, 0.4) is 0 Å². The first kappa shape index (κ1) is 29.0. The predicted octanol–water partition coefficient (Wildman–Crippen LogP) is 3.03. The summed E-state index contributed by atoms with van der Waals surface area (Å²) in [7, 11) is -2.98. The van der Waals surface area contributed by atoms with Crippen LogP contribution in [0.5, 0.6) is 11.5 Å². The van der Waals surface area contributed by atoms with Crippen molar-refractivity contribution in [2.24, 2.45) is 13.0 Å². The van der Waals surface area contributed by atoms with Crippen molar-refractivity contribution >= 4 is 15.8 Å². The molecule has 1 unspecified atom stereocenters. The van der Waals surface area contributed by atoms with Gasteiger partial charge in [0.2, 0.25) is 15.0 Å². The highest BCUT2D eigenvalue weighted by molar-refractivity contribution is 7.92. The van der Waals surface area contributed by atoms with Gasteiger partial charge in [0.05, 0.1) is 12.1 Å². The van der Waals surface area contributed by atoms with E-state index in [0.29, 0.717) is 18.0 Å². The first-order chi connectivity index (χ1) is 19.6. The molecule has 3 heterocycles. The lowest BCUT2D eigenvalue weighted by Gasteiger charge is -2.51. The van der Waals surface area contributed by atoms with E-state index in [1.807, 2.05) is 0 Å². The van der Waals surface area contributed by atoms with Crippen LogP contribution in [0.2, 0.25) is 0 Å². The quantitative estimate of drug-likeness (QED) is 0.366. The molecule has 1 N–H and O–H groups in total. The SMILES string of the molecule is Cn1ccnc1S(=O)(=O)[C@H](COC(=O)C1CCCN1)[C@@]1(c2ccc(OC(F)F)c(OCC3CC3)c2)C=CC=CN1[O-]. The Bertz CT molecular complexity index is 1420. The van der Waals surface area contributed by atoms with Gasteiger partial charge in [0, 0.05) is 19.4 Å². The topological polar surface area (TPSA) is 135 Å². The number of rotatable bonds is 12. The Hall–Kier alpha value is -3.49. The molecule has 1 saturated heterocycles. The van der Waals surface area contributed by atoms with Gasteiger partial charge in [0.25, 0.3) is 0 Å². The summed E-state index contributed by atoms with van der Waals surface area (Å²) in [6.07, 6.45) is 11.4. The van der Waals surface area contributed by atoms with Crippen LogP contribution in [-0.4, -0.2) is 66.7 Å². The van der Waals surface area contributed by atoms with Crippen molar-refractivity contribution in [1.82, 2.24) is 19.9 Å². The van der Waals surface area contributed by atoms with Gasteiger partial charge in [-0.25, -0.2) is 13.4 Å². The standard InChI is InChI=1S/C27H31F2N4O7S/c1-32-14-12-31-26(32)41(36,37)23(17-39-24(34)20-5-4-11-30-20)27(10-2-3-13-33(27)35)19-8-9-21(40-25(28)29)22(15-19)38-16-18-6-7-18/h2-3,8-10,12-15,18,20,23,25,30H,4-7,11,16-17H2,1H3/q-1/t20?,23-,27+/m1/s1. The Labute approximate surface area is 236 Å². The second-order valence-electron chi connectivity index (χ2n) is 10.3. The number of nitrogens with one attached hydrogen (secondary N) is 1. The molecular weight excluding hydrogens is 562 g/mol. The van der Waals surface area contributed by atoms with E-state index in [9.17, 15) is 27.2 Å². The maximum absolute atomic E-state index is 14.2. The zero-order valence-electron chi connectivity index (χ0n) is 22.3.